The molecule has 0 aliphatic heterocycles. The highest BCUT2D eigenvalue weighted by molar-refractivity contribution is 5.30. The standard InChI is InChI=1S/C12H16N4O/c1-13-12-14-11(16(2)15-12)8-9-4-6-10(17-3)7-5-9/h4-7H,8H2,1-3H3,(H,13,15). The first-order valence-corrected chi connectivity index (χ1v) is 5.43. The summed E-state index contributed by atoms with van der Waals surface area (Å²) < 4.78 is 6.91. The largest absolute Gasteiger partial charge is 0.497 e. The van der Waals surface area contributed by atoms with Gasteiger partial charge < -0.3 is 10.1 Å². The quantitative estimate of drug-likeness (QED) is 0.867. The number of ether oxygens (including phenoxy) is 1. The number of aromatic nitrogens is 3. The topological polar surface area (TPSA) is 52.0 Å². The summed E-state index contributed by atoms with van der Waals surface area (Å²) in [5.41, 5.74) is 1.18. The molecule has 2 rings (SSSR count). The van der Waals surface area contributed by atoms with Gasteiger partial charge in [0.15, 0.2) is 0 Å². The summed E-state index contributed by atoms with van der Waals surface area (Å²) in [4.78, 5) is 4.38. The van der Waals surface area contributed by atoms with Gasteiger partial charge in [-0.25, -0.2) is 0 Å². The molecular weight excluding hydrogens is 216 g/mol. The molecule has 5 nitrogen and oxygen atoms in total. The molecule has 0 unspecified atom stereocenters. The molecule has 17 heavy (non-hydrogen) atoms. The van der Waals surface area contributed by atoms with Crippen molar-refractivity contribution in [1.82, 2.24) is 14.8 Å². The molecule has 0 aliphatic rings. The third-order valence-corrected chi connectivity index (χ3v) is 2.60. The lowest BCUT2D eigenvalue weighted by Crippen LogP contribution is -2.00. The van der Waals surface area contributed by atoms with Gasteiger partial charge in [-0.3, -0.25) is 4.68 Å². The van der Waals surface area contributed by atoms with Crippen molar-refractivity contribution in [2.24, 2.45) is 7.05 Å². The number of benzene rings is 1. The molecule has 1 aromatic carbocycles. The number of hydrogen-bond donors (Lipinski definition) is 1. The molecule has 1 aromatic heterocycles. The van der Waals surface area contributed by atoms with Gasteiger partial charge in [0.05, 0.1) is 7.11 Å². The van der Waals surface area contributed by atoms with Crippen LogP contribution in [0.3, 0.4) is 0 Å². The second-order valence-corrected chi connectivity index (χ2v) is 3.75. The van der Waals surface area contributed by atoms with E-state index in [-0.39, 0.29) is 0 Å². The Bertz CT molecular complexity index is 490. The van der Waals surface area contributed by atoms with E-state index in [0.29, 0.717) is 5.95 Å². The lowest BCUT2D eigenvalue weighted by Gasteiger charge is -2.02. The Morgan fingerprint density at radius 3 is 2.53 bits per heavy atom. The van der Waals surface area contributed by atoms with E-state index in [4.69, 9.17) is 4.74 Å². The van der Waals surface area contributed by atoms with Gasteiger partial charge in [-0.1, -0.05) is 12.1 Å². The Morgan fingerprint density at radius 1 is 1.29 bits per heavy atom. The fraction of sp³-hybridized carbons (Fsp3) is 0.333. The van der Waals surface area contributed by atoms with Crippen molar-refractivity contribution in [2.45, 2.75) is 6.42 Å². The van der Waals surface area contributed by atoms with Gasteiger partial charge in [-0.05, 0) is 17.7 Å². The van der Waals surface area contributed by atoms with Crippen molar-refractivity contribution in [3.8, 4) is 5.75 Å². The van der Waals surface area contributed by atoms with Gasteiger partial charge in [-0.15, -0.1) is 5.10 Å². The molecule has 0 spiro atoms. The predicted octanol–water partition coefficient (Wildman–Crippen LogP) is 1.46. The molecule has 1 heterocycles. The highest BCUT2D eigenvalue weighted by Crippen LogP contribution is 2.14. The van der Waals surface area contributed by atoms with Gasteiger partial charge in [0.25, 0.3) is 0 Å². The normalized spacial score (nSPS) is 10.3. The van der Waals surface area contributed by atoms with E-state index in [9.17, 15) is 0 Å². The highest BCUT2D eigenvalue weighted by Gasteiger charge is 2.06. The number of methoxy groups -OCH3 is 1. The molecule has 5 heteroatoms. The Hall–Kier alpha value is -2.04. The second kappa shape index (κ2) is 4.86. The average Bonchev–Trinajstić information content (AvgIpc) is 2.71. The summed E-state index contributed by atoms with van der Waals surface area (Å²) in [7, 11) is 5.37. The Kier molecular flexibility index (Phi) is 3.27. The van der Waals surface area contributed by atoms with Gasteiger partial charge in [0.1, 0.15) is 11.6 Å². The van der Waals surface area contributed by atoms with Gasteiger partial charge >= 0.3 is 0 Å². The van der Waals surface area contributed by atoms with Crippen molar-refractivity contribution in [2.75, 3.05) is 19.5 Å². The minimum absolute atomic E-state index is 0.649. The van der Waals surface area contributed by atoms with Crippen LogP contribution in [0.1, 0.15) is 11.4 Å². The van der Waals surface area contributed by atoms with E-state index in [1.807, 2.05) is 38.4 Å². The van der Waals surface area contributed by atoms with Crippen molar-refractivity contribution < 1.29 is 4.74 Å². The summed E-state index contributed by atoms with van der Waals surface area (Å²) in [5.74, 6) is 2.44. The van der Waals surface area contributed by atoms with Crippen LogP contribution in [-0.4, -0.2) is 28.9 Å². The maximum Gasteiger partial charge on any atom is 0.242 e. The van der Waals surface area contributed by atoms with E-state index in [2.05, 4.69) is 15.4 Å². The molecule has 1 N–H and O–H groups in total. The van der Waals surface area contributed by atoms with Crippen LogP contribution in [0.5, 0.6) is 5.75 Å². The van der Waals surface area contributed by atoms with Gasteiger partial charge in [0, 0.05) is 20.5 Å². The highest BCUT2D eigenvalue weighted by atomic mass is 16.5. The summed E-state index contributed by atoms with van der Waals surface area (Å²) in [5, 5.41) is 7.16. The Labute approximate surface area is 100 Å². The van der Waals surface area contributed by atoms with Crippen LogP contribution >= 0.6 is 0 Å². The van der Waals surface area contributed by atoms with Gasteiger partial charge in [-0.2, -0.15) is 4.98 Å². The number of rotatable bonds is 4. The maximum atomic E-state index is 5.12. The second-order valence-electron chi connectivity index (χ2n) is 3.75. The molecule has 0 atom stereocenters. The molecule has 90 valence electrons. The lowest BCUT2D eigenvalue weighted by molar-refractivity contribution is 0.414. The fourth-order valence-electron chi connectivity index (χ4n) is 1.60. The summed E-state index contributed by atoms with van der Waals surface area (Å²) in [6.45, 7) is 0. The first kappa shape index (κ1) is 11.4. The first-order valence-electron chi connectivity index (χ1n) is 5.43. The average molecular weight is 232 g/mol. The van der Waals surface area contributed by atoms with Crippen LogP contribution in [0.15, 0.2) is 24.3 Å². The fourth-order valence-corrected chi connectivity index (χ4v) is 1.60. The van der Waals surface area contributed by atoms with Crippen LogP contribution in [-0.2, 0) is 13.5 Å². The Balaban J connectivity index is 2.16. The van der Waals surface area contributed by atoms with Crippen molar-refractivity contribution in [1.29, 1.82) is 0 Å². The molecule has 0 saturated heterocycles. The van der Waals surface area contributed by atoms with Crippen LogP contribution in [0.25, 0.3) is 0 Å². The van der Waals surface area contributed by atoms with E-state index >= 15 is 0 Å². The van der Waals surface area contributed by atoms with Crippen LogP contribution in [0.2, 0.25) is 0 Å². The molecule has 2 aromatic rings. The minimum atomic E-state index is 0.649. The molecule has 0 aliphatic carbocycles. The van der Waals surface area contributed by atoms with Crippen molar-refractivity contribution >= 4 is 5.95 Å². The SMILES string of the molecule is CNc1nc(Cc2ccc(OC)cc2)n(C)n1. The van der Waals surface area contributed by atoms with Crippen molar-refractivity contribution in [3.05, 3.63) is 35.7 Å². The van der Waals surface area contributed by atoms with Crippen molar-refractivity contribution in [3.63, 3.8) is 0 Å². The minimum Gasteiger partial charge on any atom is -0.497 e. The summed E-state index contributed by atoms with van der Waals surface area (Å²) in [6, 6.07) is 7.97. The zero-order chi connectivity index (χ0) is 12.3. The number of nitrogens with zero attached hydrogens (tertiary/aromatic N) is 3. The number of nitrogens with one attached hydrogen (secondary N) is 1. The zero-order valence-electron chi connectivity index (χ0n) is 10.3. The molecule has 0 fully saturated rings. The Morgan fingerprint density at radius 2 is 2.00 bits per heavy atom. The van der Waals surface area contributed by atoms with E-state index < -0.39 is 0 Å². The third-order valence-electron chi connectivity index (χ3n) is 2.60. The number of hydrogen-bond acceptors (Lipinski definition) is 4. The number of anilines is 1. The summed E-state index contributed by atoms with van der Waals surface area (Å²) in [6.07, 6.45) is 0.759. The van der Waals surface area contributed by atoms with E-state index in [0.717, 1.165) is 18.0 Å². The van der Waals surface area contributed by atoms with Crippen LogP contribution < -0.4 is 10.1 Å². The third kappa shape index (κ3) is 2.55. The molecule has 0 radical (unpaired) electrons. The molecule has 0 saturated carbocycles. The molecular formula is C12H16N4O. The predicted molar refractivity (Wildman–Crippen MR) is 66.3 cm³/mol. The molecule has 0 amide bonds. The zero-order valence-corrected chi connectivity index (χ0v) is 10.3. The van der Waals surface area contributed by atoms with Crippen LogP contribution in [0, 0.1) is 0 Å². The van der Waals surface area contributed by atoms with E-state index in [1.165, 1.54) is 5.56 Å². The first-order chi connectivity index (χ1) is 8.22. The lowest BCUT2D eigenvalue weighted by atomic mass is 10.1. The smallest absolute Gasteiger partial charge is 0.242 e. The molecule has 0 bridgehead atoms. The summed E-state index contributed by atoms with van der Waals surface area (Å²) >= 11 is 0. The monoisotopic (exact) mass is 232 g/mol. The maximum absolute atomic E-state index is 5.12. The van der Waals surface area contributed by atoms with Crippen LogP contribution in [0.4, 0.5) is 5.95 Å². The number of aryl methyl sites for hydroxylation is 1. The van der Waals surface area contributed by atoms with E-state index in [1.54, 1.807) is 11.8 Å². The van der Waals surface area contributed by atoms with Gasteiger partial charge in [0.2, 0.25) is 5.95 Å².